The smallest absolute Gasteiger partial charge is 0.351 e. The summed E-state index contributed by atoms with van der Waals surface area (Å²) < 4.78 is 44.3. The zero-order chi connectivity index (χ0) is 46.8. The highest BCUT2D eigenvalue weighted by molar-refractivity contribution is 5.91. The Hall–Kier alpha value is -5.94. The molecule has 2 fully saturated rings. The maximum atomic E-state index is 13.5. The van der Waals surface area contributed by atoms with Crippen LogP contribution in [0.2, 0.25) is 0 Å². The van der Waals surface area contributed by atoms with Crippen molar-refractivity contribution in [2.45, 2.75) is 115 Å². The minimum absolute atomic E-state index is 0.0347. The van der Waals surface area contributed by atoms with Gasteiger partial charge in [0.2, 0.25) is 5.91 Å². The van der Waals surface area contributed by atoms with Crippen LogP contribution in [-0.4, -0.2) is 96.5 Å². The predicted molar refractivity (Wildman–Crippen MR) is 243 cm³/mol. The van der Waals surface area contributed by atoms with Gasteiger partial charge in [0.1, 0.15) is 30.7 Å². The lowest BCUT2D eigenvalue weighted by Crippen LogP contribution is -2.58. The number of esters is 3. The normalized spacial score (nSPS) is 23.7. The molecule has 0 bridgehead atoms. The number of unbranched alkanes of at least 4 members (excludes halogenated alkanes) is 4. The number of nitrogens with one attached hydrogen (secondary N) is 1. The molecular weight excluding hydrogens is 849 g/mol. The van der Waals surface area contributed by atoms with Gasteiger partial charge in [-0.3, -0.25) is 9.36 Å². The number of ether oxygens (including phenoxy) is 7. The fourth-order valence-corrected chi connectivity index (χ4v) is 8.13. The Morgan fingerprint density at radius 1 is 0.667 bits per heavy atom. The monoisotopic (exact) mass is 910 g/mol. The van der Waals surface area contributed by atoms with Crippen LogP contribution in [0.5, 0.6) is 0 Å². The van der Waals surface area contributed by atoms with Crippen molar-refractivity contribution in [1.82, 2.24) is 14.9 Å². The van der Waals surface area contributed by atoms with Crippen molar-refractivity contribution in [3.63, 3.8) is 0 Å². The second-order valence-corrected chi connectivity index (χ2v) is 16.6. The van der Waals surface area contributed by atoms with Crippen LogP contribution in [0.25, 0.3) is 0 Å². The van der Waals surface area contributed by atoms with Crippen LogP contribution >= 0.6 is 0 Å². The number of nitrogen functional groups attached to an aromatic ring is 1. The van der Waals surface area contributed by atoms with Gasteiger partial charge in [0.25, 0.3) is 0 Å². The fourth-order valence-electron chi connectivity index (χ4n) is 8.13. The van der Waals surface area contributed by atoms with Crippen LogP contribution in [0.15, 0.2) is 108 Å². The molecule has 1 aromatic heterocycles. The van der Waals surface area contributed by atoms with Gasteiger partial charge >= 0.3 is 23.6 Å². The van der Waals surface area contributed by atoms with E-state index in [1.165, 1.54) is 4.57 Å². The number of nitrogens with zero attached hydrogens (tertiary/aromatic N) is 2. The summed E-state index contributed by atoms with van der Waals surface area (Å²) in [4.78, 5) is 69.1. The van der Waals surface area contributed by atoms with E-state index in [0.29, 0.717) is 43.5 Å². The maximum absolute atomic E-state index is 13.5. The van der Waals surface area contributed by atoms with E-state index in [-0.39, 0.29) is 48.6 Å². The van der Waals surface area contributed by atoms with Gasteiger partial charge in [-0.2, -0.15) is 4.98 Å². The molecule has 4 aromatic rings. The van der Waals surface area contributed by atoms with Crippen LogP contribution in [0.3, 0.4) is 0 Å². The van der Waals surface area contributed by atoms with E-state index in [1.807, 2.05) is 6.92 Å². The third-order valence-electron chi connectivity index (χ3n) is 11.9. The van der Waals surface area contributed by atoms with E-state index in [1.54, 1.807) is 110 Å². The number of anilines is 1. The molecule has 0 saturated carbocycles. The third-order valence-corrected chi connectivity index (χ3v) is 11.9. The summed E-state index contributed by atoms with van der Waals surface area (Å²) in [6, 6.07) is 26.9. The largest absolute Gasteiger partial charge is 0.459 e. The summed E-state index contributed by atoms with van der Waals surface area (Å²) in [7, 11) is 0. The number of aromatic nitrogens is 2. The van der Waals surface area contributed by atoms with E-state index in [0.717, 1.165) is 32.1 Å². The topological polar surface area (TPSA) is 206 Å². The van der Waals surface area contributed by atoms with Crippen molar-refractivity contribution >= 4 is 29.6 Å². The second kappa shape index (κ2) is 25.1. The summed E-state index contributed by atoms with van der Waals surface area (Å²) in [6.45, 7) is 6.86. The van der Waals surface area contributed by atoms with Gasteiger partial charge in [0.15, 0.2) is 18.6 Å². The van der Waals surface area contributed by atoms with E-state index >= 15 is 0 Å². The molecule has 0 aliphatic carbocycles. The lowest BCUT2D eigenvalue weighted by molar-refractivity contribution is -0.281. The highest BCUT2D eigenvalue weighted by Crippen LogP contribution is 2.37. The summed E-state index contributed by atoms with van der Waals surface area (Å²) in [5, 5.41) is 3.00. The lowest BCUT2D eigenvalue weighted by Gasteiger charge is -2.44. The quantitative estimate of drug-likeness (QED) is 0.0452. The maximum Gasteiger partial charge on any atom is 0.351 e. The van der Waals surface area contributed by atoms with Gasteiger partial charge in [-0.25, -0.2) is 19.2 Å². The zero-order valence-electron chi connectivity index (χ0n) is 37.9. The van der Waals surface area contributed by atoms with E-state index < -0.39 is 60.3 Å². The number of amides is 1. The Kier molecular flexibility index (Phi) is 18.8. The molecule has 16 heteroatoms. The second-order valence-electron chi connectivity index (χ2n) is 16.6. The molecule has 3 N–H and O–H groups in total. The molecule has 1 unspecified atom stereocenters. The van der Waals surface area contributed by atoms with Gasteiger partial charge in [-0.1, -0.05) is 88.2 Å². The molecule has 16 nitrogen and oxygen atoms in total. The molecule has 2 aliphatic rings. The average molecular weight is 911 g/mol. The van der Waals surface area contributed by atoms with Crippen molar-refractivity contribution < 1.29 is 52.3 Å². The number of carbonyl (C=O) groups is 4. The minimum Gasteiger partial charge on any atom is -0.459 e. The molecule has 9 atom stereocenters. The minimum atomic E-state index is -1.18. The molecule has 3 aromatic carbocycles. The predicted octanol–water partition coefficient (Wildman–Crippen LogP) is 6.69. The first-order valence-corrected chi connectivity index (χ1v) is 22.9. The van der Waals surface area contributed by atoms with Crippen LogP contribution in [0, 0.1) is 11.8 Å². The fraction of sp³-hybridized carbons (Fsp3) is 0.480. The number of carbonyl (C=O) groups excluding carboxylic acids is 4. The lowest BCUT2D eigenvalue weighted by atomic mass is 9.91. The van der Waals surface area contributed by atoms with Crippen molar-refractivity contribution in [3.8, 4) is 0 Å². The Balaban J connectivity index is 0.955. The Labute approximate surface area is 385 Å². The van der Waals surface area contributed by atoms with Crippen LogP contribution in [0.4, 0.5) is 5.82 Å². The van der Waals surface area contributed by atoms with Crippen molar-refractivity contribution in [2.75, 3.05) is 32.1 Å². The number of hydrogen-bond donors (Lipinski definition) is 2. The Morgan fingerprint density at radius 2 is 1.24 bits per heavy atom. The molecule has 2 saturated heterocycles. The molecule has 3 heterocycles. The van der Waals surface area contributed by atoms with E-state index in [4.69, 9.17) is 38.9 Å². The Morgan fingerprint density at radius 3 is 1.86 bits per heavy atom. The SMILES string of the molecule is CC[C@H]1O[C@@H](n2ccc(N)nc2=O)C(OCCCCCCNC(=O)CCCCO[C@@H]2O[C@H](COC(=O)c3ccccc3)[C@H](OC(=O)c3ccccc3)[C@H](OC(=O)c3ccccc3)[C@H]2C)[C@H]1C. The summed E-state index contributed by atoms with van der Waals surface area (Å²) in [5.41, 5.74) is 6.12. The highest BCUT2D eigenvalue weighted by atomic mass is 16.7. The molecular formula is C50H62N4O12. The summed E-state index contributed by atoms with van der Waals surface area (Å²) in [6.07, 6.45) is 2.12. The first-order chi connectivity index (χ1) is 32.0. The van der Waals surface area contributed by atoms with Crippen LogP contribution in [-0.2, 0) is 38.0 Å². The first kappa shape index (κ1) is 49.5. The first-order valence-electron chi connectivity index (χ1n) is 22.9. The summed E-state index contributed by atoms with van der Waals surface area (Å²) in [5.74, 6) is -2.34. The van der Waals surface area contributed by atoms with Crippen LogP contribution < -0.4 is 16.7 Å². The number of nitrogens with two attached hydrogens (primary N) is 1. The number of hydrogen-bond acceptors (Lipinski definition) is 14. The molecule has 66 heavy (non-hydrogen) atoms. The van der Waals surface area contributed by atoms with Crippen molar-refractivity contribution in [2.24, 2.45) is 11.8 Å². The standard InChI is InChI=1S/C50H62N4O12/c1-4-38-33(2)43(45(63-38)54-29-27-40(51)53-50(54)59)60-30-18-6-5-17-28-52-41(55)26-16-19-31-61-49-34(3)42(65-47(57)36-22-12-8-13-23-36)44(66-48(58)37-24-14-9-15-25-37)39(64-49)32-62-46(56)35-20-10-7-11-21-35/h7-15,20-25,27,29,33-34,38-39,42-45,49H,4-6,16-19,26,28,30-32H2,1-3H3,(H,52,55)(H2,51,53,59)/t33-,34+,38+,39+,42+,43?,44-,45+,49+/m0/s1. The number of benzene rings is 3. The summed E-state index contributed by atoms with van der Waals surface area (Å²) >= 11 is 0. The highest BCUT2D eigenvalue weighted by Gasteiger charge is 2.50. The van der Waals surface area contributed by atoms with Crippen molar-refractivity contribution in [3.05, 3.63) is 130 Å². The van der Waals surface area contributed by atoms with Gasteiger partial charge in [0.05, 0.1) is 22.8 Å². The van der Waals surface area contributed by atoms with Gasteiger partial charge < -0.3 is 44.2 Å². The molecule has 0 radical (unpaired) electrons. The van der Waals surface area contributed by atoms with E-state index in [9.17, 15) is 24.0 Å². The van der Waals surface area contributed by atoms with Crippen LogP contribution in [0.1, 0.15) is 109 Å². The molecule has 6 rings (SSSR count). The molecule has 1 amide bonds. The average Bonchev–Trinajstić information content (AvgIpc) is 3.65. The van der Waals surface area contributed by atoms with Gasteiger partial charge in [0, 0.05) is 44.2 Å². The Bertz CT molecular complexity index is 2210. The molecule has 354 valence electrons. The number of rotatable bonds is 23. The zero-order valence-corrected chi connectivity index (χ0v) is 37.9. The van der Waals surface area contributed by atoms with Crippen molar-refractivity contribution in [1.29, 1.82) is 0 Å². The molecule has 0 spiro atoms. The van der Waals surface area contributed by atoms with E-state index in [2.05, 4.69) is 17.2 Å². The third kappa shape index (κ3) is 13.8. The van der Waals surface area contributed by atoms with Gasteiger partial charge in [-0.15, -0.1) is 0 Å². The van der Waals surface area contributed by atoms with Gasteiger partial charge in [-0.05, 0) is 74.6 Å². The molecule has 2 aliphatic heterocycles.